The van der Waals surface area contributed by atoms with Crippen molar-refractivity contribution in [2.45, 2.75) is 32.1 Å². The summed E-state index contributed by atoms with van der Waals surface area (Å²) in [5.41, 5.74) is 2.34. The highest BCUT2D eigenvalue weighted by Gasteiger charge is 2.29. The van der Waals surface area contributed by atoms with Gasteiger partial charge >= 0.3 is 5.97 Å². The lowest BCUT2D eigenvalue weighted by Gasteiger charge is -2.10. The molecule has 1 aliphatic rings. The number of carboxylic acid groups (broad SMARTS) is 1. The second-order valence-electron chi connectivity index (χ2n) is 4.45. The van der Waals surface area contributed by atoms with Crippen LogP contribution in [0.1, 0.15) is 17.5 Å². The number of benzene rings is 1. The van der Waals surface area contributed by atoms with Crippen molar-refractivity contribution in [1.29, 1.82) is 0 Å². The van der Waals surface area contributed by atoms with Crippen LogP contribution in [0.15, 0.2) is 24.3 Å². The van der Waals surface area contributed by atoms with E-state index in [0.29, 0.717) is 19.6 Å². The predicted octanol–water partition coefficient (Wildman–Crippen LogP) is 1.33. The Morgan fingerprint density at radius 2 is 2.18 bits per heavy atom. The molecule has 0 amide bonds. The van der Waals surface area contributed by atoms with Crippen LogP contribution in [0.3, 0.4) is 0 Å². The number of carbonyl (C=O) groups is 1. The maximum absolute atomic E-state index is 10.7. The summed E-state index contributed by atoms with van der Waals surface area (Å²) in [7, 11) is 0. The molecule has 0 unspecified atom stereocenters. The summed E-state index contributed by atoms with van der Waals surface area (Å²) in [4.78, 5) is 10.7. The fraction of sp³-hybridized carbons (Fsp3) is 0.462. The topological polar surface area (TPSA) is 58.6 Å². The number of hydrogen-bond donors (Lipinski definition) is 2. The molecule has 1 heterocycles. The van der Waals surface area contributed by atoms with Crippen molar-refractivity contribution in [2.75, 3.05) is 6.54 Å². The third kappa shape index (κ3) is 3.28. The Morgan fingerprint density at radius 1 is 1.47 bits per heavy atom. The number of aryl methyl sites for hydroxylation is 1. The van der Waals surface area contributed by atoms with Gasteiger partial charge in [0.25, 0.3) is 0 Å². The van der Waals surface area contributed by atoms with Crippen LogP contribution in [0.5, 0.6) is 0 Å². The monoisotopic (exact) mass is 235 g/mol. The molecule has 1 aromatic rings. The van der Waals surface area contributed by atoms with Gasteiger partial charge in [-0.3, -0.25) is 4.79 Å². The van der Waals surface area contributed by atoms with E-state index in [0.717, 1.165) is 5.56 Å². The smallest absolute Gasteiger partial charge is 0.320 e. The van der Waals surface area contributed by atoms with Gasteiger partial charge in [-0.25, -0.2) is 0 Å². The summed E-state index contributed by atoms with van der Waals surface area (Å²) in [6, 6.07) is 7.70. The van der Waals surface area contributed by atoms with Gasteiger partial charge in [-0.15, -0.1) is 0 Å². The number of hydrogen-bond acceptors (Lipinski definition) is 3. The predicted molar refractivity (Wildman–Crippen MR) is 63.8 cm³/mol. The Labute approximate surface area is 101 Å². The SMILES string of the molecule is Cc1ccc(CO[C@@H]2CN[C@H](C(=O)O)C2)cc1. The molecule has 1 saturated heterocycles. The van der Waals surface area contributed by atoms with E-state index in [4.69, 9.17) is 9.84 Å². The highest BCUT2D eigenvalue weighted by atomic mass is 16.5. The zero-order chi connectivity index (χ0) is 12.3. The van der Waals surface area contributed by atoms with Crippen molar-refractivity contribution in [3.8, 4) is 0 Å². The summed E-state index contributed by atoms with van der Waals surface area (Å²) in [5, 5.41) is 11.8. The molecule has 0 radical (unpaired) electrons. The first kappa shape index (κ1) is 12.1. The lowest BCUT2D eigenvalue weighted by molar-refractivity contribution is -0.139. The average Bonchev–Trinajstić information content (AvgIpc) is 2.77. The summed E-state index contributed by atoms with van der Waals surface area (Å²) in [5.74, 6) is -0.800. The lowest BCUT2D eigenvalue weighted by atomic mass is 10.1. The first-order valence-electron chi connectivity index (χ1n) is 5.78. The van der Waals surface area contributed by atoms with E-state index in [9.17, 15) is 4.79 Å². The molecule has 2 rings (SSSR count). The third-order valence-corrected chi connectivity index (χ3v) is 2.99. The highest BCUT2D eigenvalue weighted by molar-refractivity contribution is 5.73. The van der Waals surface area contributed by atoms with Crippen LogP contribution < -0.4 is 5.32 Å². The standard InChI is InChI=1S/C13H17NO3/c1-9-2-4-10(5-3-9)8-17-11-6-12(13(15)16)14-7-11/h2-5,11-12,14H,6-8H2,1H3,(H,15,16)/t11-,12-/m0/s1. The molecular weight excluding hydrogens is 218 g/mol. The summed E-state index contributed by atoms with van der Waals surface area (Å²) in [6.45, 7) is 3.20. The molecule has 0 bridgehead atoms. The molecule has 2 atom stereocenters. The molecule has 1 aromatic carbocycles. The number of carboxylic acids is 1. The molecule has 1 fully saturated rings. The normalized spacial score (nSPS) is 23.8. The maximum Gasteiger partial charge on any atom is 0.320 e. The van der Waals surface area contributed by atoms with Gasteiger partial charge < -0.3 is 15.2 Å². The zero-order valence-electron chi connectivity index (χ0n) is 9.85. The van der Waals surface area contributed by atoms with Gasteiger partial charge in [0.05, 0.1) is 12.7 Å². The van der Waals surface area contributed by atoms with E-state index < -0.39 is 12.0 Å². The third-order valence-electron chi connectivity index (χ3n) is 2.99. The molecule has 4 nitrogen and oxygen atoms in total. The van der Waals surface area contributed by atoms with Crippen LogP contribution in [0, 0.1) is 6.92 Å². The van der Waals surface area contributed by atoms with Gasteiger partial charge in [0.15, 0.2) is 0 Å². The average molecular weight is 235 g/mol. The van der Waals surface area contributed by atoms with Gasteiger partial charge in [0, 0.05) is 13.0 Å². The lowest BCUT2D eigenvalue weighted by Crippen LogP contribution is -2.29. The van der Waals surface area contributed by atoms with Gasteiger partial charge in [0.1, 0.15) is 6.04 Å². The van der Waals surface area contributed by atoms with Crippen LogP contribution in [0.25, 0.3) is 0 Å². The Balaban J connectivity index is 1.80. The Hall–Kier alpha value is -1.39. The number of nitrogens with one attached hydrogen (secondary N) is 1. The fourth-order valence-electron chi connectivity index (χ4n) is 1.92. The van der Waals surface area contributed by atoms with Crippen LogP contribution in [0.4, 0.5) is 0 Å². The zero-order valence-corrected chi connectivity index (χ0v) is 9.85. The van der Waals surface area contributed by atoms with E-state index >= 15 is 0 Å². The van der Waals surface area contributed by atoms with Crippen molar-refractivity contribution in [1.82, 2.24) is 5.32 Å². The van der Waals surface area contributed by atoms with E-state index in [-0.39, 0.29) is 6.10 Å². The van der Waals surface area contributed by atoms with Gasteiger partial charge in [-0.05, 0) is 12.5 Å². The van der Waals surface area contributed by atoms with E-state index in [1.807, 2.05) is 31.2 Å². The van der Waals surface area contributed by atoms with E-state index in [1.54, 1.807) is 0 Å². The van der Waals surface area contributed by atoms with Crippen LogP contribution in [0.2, 0.25) is 0 Å². The second-order valence-corrected chi connectivity index (χ2v) is 4.45. The quantitative estimate of drug-likeness (QED) is 0.826. The number of rotatable bonds is 4. The van der Waals surface area contributed by atoms with E-state index in [1.165, 1.54) is 5.56 Å². The molecule has 2 N–H and O–H groups in total. The molecule has 0 saturated carbocycles. The molecule has 4 heteroatoms. The van der Waals surface area contributed by atoms with Crippen molar-refractivity contribution in [3.05, 3.63) is 35.4 Å². The molecule has 0 aliphatic carbocycles. The summed E-state index contributed by atoms with van der Waals surface area (Å²) < 4.78 is 5.68. The first-order chi connectivity index (χ1) is 8.15. The molecule has 0 aromatic heterocycles. The van der Waals surface area contributed by atoms with Crippen LogP contribution in [-0.4, -0.2) is 29.8 Å². The van der Waals surface area contributed by atoms with Gasteiger partial charge in [-0.1, -0.05) is 29.8 Å². The van der Waals surface area contributed by atoms with Gasteiger partial charge in [0.2, 0.25) is 0 Å². The Kier molecular flexibility index (Phi) is 3.76. The van der Waals surface area contributed by atoms with Crippen LogP contribution >= 0.6 is 0 Å². The molecule has 1 aliphatic heterocycles. The summed E-state index contributed by atoms with van der Waals surface area (Å²) in [6.07, 6.45) is 0.540. The van der Waals surface area contributed by atoms with Crippen molar-refractivity contribution < 1.29 is 14.6 Å². The fourth-order valence-corrected chi connectivity index (χ4v) is 1.92. The largest absolute Gasteiger partial charge is 0.480 e. The molecule has 92 valence electrons. The van der Waals surface area contributed by atoms with Crippen molar-refractivity contribution >= 4 is 5.97 Å². The number of ether oxygens (including phenoxy) is 1. The Bertz CT molecular complexity index is 388. The minimum atomic E-state index is -0.800. The minimum absolute atomic E-state index is 0.00240. The number of aliphatic carboxylic acids is 1. The van der Waals surface area contributed by atoms with Crippen molar-refractivity contribution in [3.63, 3.8) is 0 Å². The van der Waals surface area contributed by atoms with Crippen LogP contribution in [-0.2, 0) is 16.1 Å². The highest BCUT2D eigenvalue weighted by Crippen LogP contribution is 2.13. The minimum Gasteiger partial charge on any atom is -0.480 e. The first-order valence-corrected chi connectivity index (χ1v) is 5.78. The second kappa shape index (κ2) is 5.29. The van der Waals surface area contributed by atoms with Gasteiger partial charge in [-0.2, -0.15) is 0 Å². The maximum atomic E-state index is 10.7. The molecular formula is C13H17NO3. The summed E-state index contributed by atoms with van der Waals surface area (Å²) >= 11 is 0. The Morgan fingerprint density at radius 3 is 2.76 bits per heavy atom. The van der Waals surface area contributed by atoms with Crippen molar-refractivity contribution in [2.24, 2.45) is 0 Å². The van der Waals surface area contributed by atoms with E-state index in [2.05, 4.69) is 5.32 Å². The molecule has 17 heavy (non-hydrogen) atoms. The molecule has 0 spiro atoms.